The van der Waals surface area contributed by atoms with E-state index in [-0.39, 0.29) is 11.2 Å². The number of benzene rings is 1. The topological polar surface area (TPSA) is 15.3 Å². The number of fused-ring (bicyclic) bond motifs is 1. The number of alkyl halides is 3. The molecule has 0 atom stereocenters. The first-order valence-electron chi connectivity index (χ1n) is 5.98. The van der Waals surface area contributed by atoms with Crippen LogP contribution in [0.25, 0.3) is 0 Å². The minimum Gasteiger partial charge on any atom is -0.377 e. The molecule has 0 amide bonds. The van der Waals surface area contributed by atoms with Crippen LogP contribution in [0.3, 0.4) is 0 Å². The van der Waals surface area contributed by atoms with Crippen molar-refractivity contribution in [2.75, 3.05) is 23.3 Å². The molecular weight excluding hydrogens is 241 g/mol. The van der Waals surface area contributed by atoms with Crippen molar-refractivity contribution in [3.63, 3.8) is 0 Å². The van der Waals surface area contributed by atoms with Gasteiger partial charge in [0.05, 0.1) is 16.9 Å². The lowest BCUT2D eigenvalue weighted by atomic mass is 9.97. The number of likely N-dealkylation sites (N-methyl/N-ethyl adjacent to an activating group) is 1. The second kappa shape index (κ2) is 4.07. The first-order chi connectivity index (χ1) is 8.24. The Morgan fingerprint density at radius 2 is 2.00 bits per heavy atom. The summed E-state index contributed by atoms with van der Waals surface area (Å²) >= 11 is 0. The molecule has 0 radical (unpaired) electrons. The molecule has 0 fully saturated rings. The summed E-state index contributed by atoms with van der Waals surface area (Å²) in [6, 6.07) is 4.29. The Morgan fingerprint density at radius 3 is 2.56 bits per heavy atom. The number of nitrogens with one attached hydrogen (secondary N) is 1. The van der Waals surface area contributed by atoms with Crippen molar-refractivity contribution in [1.82, 2.24) is 0 Å². The zero-order valence-electron chi connectivity index (χ0n) is 10.7. The molecule has 0 saturated carbocycles. The summed E-state index contributed by atoms with van der Waals surface area (Å²) in [5, 5.41) is 3.17. The molecule has 2 rings (SSSR count). The van der Waals surface area contributed by atoms with Gasteiger partial charge < -0.3 is 10.2 Å². The zero-order valence-corrected chi connectivity index (χ0v) is 10.7. The van der Waals surface area contributed by atoms with Crippen LogP contribution in [0.2, 0.25) is 0 Å². The Kier molecular flexibility index (Phi) is 2.95. The van der Waals surface area contributed by atoms with E-state index in [4.69, 9.17) is 0 Å². The number of rotatable bonds is 1. The average molecular weight is 258 g/mol. The van der Waals surface area contributed by atoms with Crippen LogP contribution >= 0.6 is 0 Å². The maximum Gasteiger partial charge on any atom is 0.418 e. The summed E-state index contributed by atoms with van der Waals surface area (Å²) in [7, 11) is 0. The molecule has 2 nitrogen and oxygen atoms in total. The molecule has 0 unspecified atom stereocenters. The van der Waals surface area contributed by atoms with E-state index in [1.165, 1.54) is 6.07 Å². The summed E-state index contributed by atoms with van der Waals surface area (Å²) in [6.07, 6.45) is -4.32. The minimum atomic E-state index is -4.32. The van der Waals surface area contributed by atoms with Gasteiger partial charge in [-0.25, -0.2) is 0 Å². The summed E-state index contributed by atoms with van der Waals surface area (Å²) < 4.78 is 39.1. The second-order valence-electron chi connectivity index (χ2n) is 5.22. The van der Waals surface area contributed by atoms with Crippen molar-refractivity contribution in [3.05, 3.63) is 23.8 Å². The SMILES string of the molecule is CCN1CC(C)(C)Nc2cccc(C(F)(F)F)c21. The Bertz CT molecular complexity index is 452. The highest BCUT2D eigenvalue weighted by Crippen LogP contribution is 2.44. The van der Waals surface area contributed by atoms with Crippen LogP contribution in [0.4, 0.5) is 24.5 Å². The highest BCUT2D eigenvalue weighted by Gasteiger charge is 2.39. The van der Waals surface area contributed by atoms with Crippen molar-refractivity contribution < 1.29 is 13.2 Å². The third-order valence-electron chi connectivity index (χ3n) is 3.10. The van der Waals surface area contributed by atoms with Gasteiger partial charge in [0, 0.05) is 18.6 Å². The smallest absolute Gasteiger partial charge is 0.377 e. The molecule has 5 heteroatoms. The van der Waals surface area contributed by atoms with E-state index < -0.39 is 11.7 Å². The number of halogens is 3. The van der Waals surface area contributed by atoms with Gasteiger partial charge in [-0.1, -0.05) is 6.07 Å². The summed E-state index contributed by atoms with van der Waals surface area (Å²) in [4.78, 5) is 1.79. The van der Waals surface area contributed by atoms with Gasteiger partial charge in [-0.3, -0.25) is 0 Å². The molecule has 0 aliphatic carbocycles. The molecule has 1 aromatic rings. The standard InChI is InChI=1S/C13H17F3N2/c1-4-18-8-12(2,3)17-10-7-5-6-9(11(10)18)13(14,15)16/h5-7,17H,4,8H2,1-3H3. The molecule has 1 aliphatic rings. The predicted octanol–water partition coefficient (Wildman–Crippen LogP) is 3.74. The number of nitrogens with zero attached hydrogens (tertiary/aromatic N) is 1. The third-order valence-corrected chi connectivity index (χ3v) is 3.10. The Hall–Kier alpha value is -1.39. The Balaban J connectivity index is 2.58. The van der Waals surface area contributed by atoms with Crippen LogP contribution in [-0.4, -0.2) is 18.6 Å². The number of anilines is 2. The number of hydrogen-bond acceptors (Lipinski definition) is 2. The first kappa shape index (κ1) is 13.1. The van der Waals surface area contributed by atoms with Crippen LogP contribution in [0, 0.1) is 0 Å². The minimum absolute atomic E-state index is 0.229. The maximum absolute atomic E-state index is 13.0. The van der Waals surface area contributed by atoms with Crippen LogP contribution in [-0.2, 0) is 6.18 Å². The van der Waals surface area contributed by atoms with Crippen LogP contribution in [0.1, 0.15) is 26.3 Å². The van der Waals surface area contributed by atoms with Crippen LogP contribution in [0.15, 0.2) is 18.2 Å². The molecule has 18 heavy (non-hydrogen) atoms. The van der Waals surface area contributed by atoms with E-state index in [1.54, 1.807) is 11.0 Å². The second-order valence-corrected chi connectivity index (χ2v) is 5.22. The van der Waals surface area contributed by atoms with E-state index >= 15 is 0 Å². The molecule has 1 aromatic carbocycles. The molecule has 0 spiro atoms. The molecule has 1 N–H and O–H groups in total. The predicted molar refractivity (Wildman–Crippen MR) is 67.0 cm³/mol. The van der Waals surface area contributed by atoms with E-state index in [1.807, 2.05) is 20.8 Å². The van der Waals surface area contributed by atoms with Crippen LogP contribution < -0.4 is 10.2 Å². The lowest BCUT2D eigenvalue weighted by Crippen LogP contribution is -2.49. The van der Waals surface area contributed by atoms with Gasteiger partial charge in [0.15, 0.2) is 0 Å². The number of para-hydroxylation sites is 1. The zero-order chi connectivity index (χ0) is 13.6. The van der Waals surface area contributed by atoms with Gasteiger partial charge >= 0.3 is 6.18 Å². The lowest BCUT2D eigenvalue weighted by molar-refractivity contribution is -0.137. The van der Waals surface area contributed by atoms with Crippen molar-refractivity contribution in [3.8, 4) is 0 Å². The van der Waals surface area contributed by atoms with Gasteiger partial charge in [-0.2, -0.15) is 13.2 Å². The fourth-order valence-electron chi connectivity index (χ4n) is 2.44. The number of hydrogen-bond donors (Lipinski definition) is 1. The summed E-state index contributed by atoms with van der Waals surface area (Å²) in [5.41, 5.74) is 0.0346. The fraction of sp³-hybridized carbons (Fsp3) is 0.538. The van der Waals surface area contributed by atoms with Gasteiger partial charge in [0.2, 0.25) is 0 Å². The van der Waals surface area contributed by atoms with Crippen LogP contribution in [0.5, 0.6) is 0 Å². The largest absolute Gasteiger partial charge is 0.418 e. The summed E-state index contributed by atoms with van der Waals surface area (Å²) in [5.74, 6) is 0. The highest BCUT2D eigenvalue weighted by atomic mass is 19.4. The van der Waals surface area contributed by atoms with Gasteiger partial charge in [-0.15, -0.1) is 0 Å². The van der Waals surface area contributed by atoms with Gasteiger partial charge in [-0.05, 0) is 32.9 Å². The van der Waals surface area contributed by atoms with Gasteiger partial charge in [0.25, 0.3) is 0 Å². The van der Waals surface area contributed by atoms with Crippen molar-refractivity contribution in [2.45, 2.75) is 32.5 Å². The molecule has 100 valence electrons. The first-order valence-corrected chi connectivity index (χ1v) is 5.98. The third kappa shape index (κ3) is 2.26. The van der Waals surface area contributed by atoms with E-state index in [9.17, 15) is 13.2 Å². The molecule has 0 aromatic heterocycles. The van der Waals surface area contributed by atoms with Crippen molar-refractivity contribution in [2.24, 2.45) is 0 Å². The Labute approximate surface area is 105 Å². The van der Waals surface area contributed by atoms with Crippen molar-refractivity contribution >= 4 is 11.4 Å². The quantitative estimate of drug-likeness (QED) is 0.825. The molecule has 1 heterocycles. The molecule has 0 saturated heterocycles. The maximum atomic E-state index is 13.0. The average Bonchev–Trinajstić information content (AvgIpc) is 2.24. The highest BCUT2D eigenvalue weighted by molar-refractivity contribution is 5.77. The van der Waals surface area contributed by atoms with E-state index in [2.05, 4.69) is 5.32 Å². The normalized spacial score (nSPS) is 18.2. The molecule has 1 aliphatic heterocycles. The Morgan fingerprint density at radius 1 is 1.33 bits per heavy atom. The lowest BCUT2D eigenvalue weighted by Gasteiger charge is -2.42. The van der Waals surface area contributed by atoms with E-state index in [0.717, 1.165) is 6.07 Å². The molecular formula is C13H17F3N2. The van der Waals surface area contributed by atoms with Crippen molar-refractivity contribution in [1.29, 1.82) is 0 Å². The fourth-order valence-corrected chi connectivity index (χ4v) is 2.44. The van der Waals surface area contributed by atoms with Gasteiger partial charge in [0.1, 0.15) is 0 Å². The van der Waals surface area contributed by atoms with E-state index in [0.29, 0.717) is 18.8 Å². The molecule has 0 bridgehead atoms. The summed E-state index contributed by atoms with van der Waals surface area (Å²) in [6.45, 7) is 6.96. The monoisotopic (exact) mass is 258 g/mol.